The second kappa shape index (κ2) is 2.97. The molecule has 82 valence electrons. The van der Waals surface area contributed by atoms with Gasteiger partial charge in [-0.2, -0.15) is 0 Å². The molecule has 0 spiro atoms. The van der Waals surface area contributed by atoms with E-state index in [2.05, 4.69) is 5.32 Å². The predicted octanol–water partition coefficient (Wildman–Crippen LogP) is 0.274. The molecule has 1 aliphatic carbocycles. The average Bonchev–Trinajstić information content (AvgIpc) is 2.72. The van der Waals surface area contributed by atoms with Crippen molar-refractivity contribution in [3.63, 3.8) is 0 Å². The number of carbonyl (C=O) groups is 2. The summed E-state index contributed by atoms with van der Waals surface area (Å²) < 4.78 is 0. The van der Waals surface area contributed by atoms with Gasteiger partial charge in [-0.1, -0.05) is 6.42 Å². The third-order valence-electron chi connectivity index (χ3n) is 4.12. The van der Waals surface area contributed by atoms with Crippen LogP contribution in [0.15, 0.2) is 0 Å². The number of nitrogens with one attached hydrogen (secondary N) is 1. The van der Waals surface area contributed by atoms with Crippen LogP contribution in [0, 0.1) is 5.92 Å². The zero-order valence-corrected chi connectivity index (χ0v) is 8.90. The van der Waals surface area contributed by atoms with Crippen molar-refractivity contribution in [3.05, 3.63) is 0 Å². The smallest absolute Gasteiger partial charge is 0.245 e. The number of amides is 2. The Morgan fingerprint density at radius 3 is 2.93 bits per heavy atom. The van der Waals surface area contributed by atoms with E-state index in [1.807, 2.05) is 4.90 Å². The number of carbonyl (C=O) groups excluding carboxylic acids is 2. The molecule has 4 atom stereocenters. The molecule has 2 heterocycles. The van der Waals surface area contributed by atoms with Gasteiger partial charge in [-0.15, -0.1) is 0 Å². The minimum atomic E-state index is -0.326. The normalized spacial score (nSPS) is 43.9. The average molecular weight is 208 g/mol. The Morgan fingerprint density at radius 1 is 1.33 bits per heavy atom. The maximum atomic E-state index is 12.0. The minimum Gasteiger partial charge on any atom is -0.343 e. The Morgan fingerprint density at radius 2 is 2.13 bits per heavy atom. The lowest BCUT2D eigenvalue weighted by Crippen LogP contribution is -2.61. The van der Waals surface area contributed by atoms with Gasteiger partial charge in [0.15, 0.2) is 0 Å². The van der Waals surface area contributed by atoms with E-state index in [-0.39, 0.29) is 23.9 Å². The number of rotatable bonds is 0. The van der Waals surface area contributed by atoms with Crippen LogP contribution in [0.3, 0.4) is 0 Å². The number of hydrogen-bond donors (Lipinski definition) is 1. The topological polar surface area (TPSA) is 49.4 Å². The van der Waals surface area contributed by atoms with Gasteiger partial charge < -0.3 is 10.2 Å². The summed E-state index contributed by atoms with van der Waals surface area (Å²) in [7, 11) is 0. The summed E-state index contributed by atoms with van der Waals surface area (Å²) >= 11 is 0. The maximum absolute atomic E-state index is 12.0. The third-order valence-corrected chi connectivity index (χ3v) is 4.12. The highest BCUT2D eigenvalue weighted by Gasteiger charge is 2.51. The van der Waals surface area contributed by atoms with Crippen LogP contribution in [0.1, 0.15) is 32.6 Å². The van der Waals surface area contributed by atoms with Crippen LogP contribution in [-0.4, -0.2) is 34.8 Å². The van der Waals surface area contributed by atoms with Crippen LogP contribution in [0.5, 0.6) is 0 Å². The van der Waals surface area contributed by atoms with E-state index in [0.717, 1.165) is 12.8 Å². The van der Waals surface area contributed by atoms with Gasteiger partial charge in [0.25, 0.3) is 0 Å². The van der Waals surface area contributed by atoms with Gasteiger partial charge in [0.2, 0.25) is 11.8 Å². The lowest BCUT2D eigenvalue weighted by Gasteiger charge is -2.36. The van der Waals surface area contributed by atoms with Crippen molar-refractivity contribution < 1.29 is 9.59 Å². The van der Waals surface area contributed by atoms with Crippen LogP contribution in [-0.2, 0) is 9.59 Å². The van der Waals surface area contributed by atoms with E-state index >= 15 is 0 Å². The molecule has 0 bridgehead atoms. The molecular weight excluding hydrogens is 192 g/mol. The van der Waals surface area contributed by atoms with Crippen LogP contribution in [0.4, 0.5) is 0 Å². The zero-order chi connectivity index (χ0) is 10.6. The molecule has 0 aromatic rings. The lowest BCUT2D eigenvalue weighted by molar-refractivity contribution is -0.148. The molecule has 0 aromatic carbocycles. The second-order valence-electron chi connectivity index (χ2n) is 4.99. The first-order valence-corrected chi connectivity index (χ1v) is 5.81. The fourth-order valence-electron chi connectivity index (χ4n) is 3.44. The molecule has 1 saturated carbocycles. The molecule has 3 rings (SSSR count). The highest BCUT2D eigenvalue weighted by Crippen LogP contribution is 2.42. The molecule has 0 aromatic heterocycles. The van der Waals surface area contributed by atoms with Crippen molar-refractivity contribution in [1.29, 1.82) is 0 Å². The Bertz CT molecular complexity index is 329. The van der Waals surface area contributed by atoms with Gasteiger partial charge in [0.1, 0.15) is 12.1 Å². The molecule has 1 unspecified atom stereocenters. The summed E-state index contributed by atoms with van der Waals surface area (Å²) in [6, 6.07) is -0.131. The first kappa shape index (κ1) is 9.19. The Hall–Kier alpha value is -1.06. The van der Waals surface area contributed by atoms with Gasteiger partial charge in [-0.05, 0) is 32.1 Å². The van der Waals surface area contributed by atoms with Crippen molar-refractivity contribution >= 4 is 11.8 Å². The molecule has 0 radical (unpaired) electrons. The van der Waals surface area contributed by atoms with Crippen LogP contribution in [0.2, 0.25) is 0 Å². The number of piperazine rings is 1. The first-order chi connectivity index (χ1) is 7.18. The van der Waals surface area contributed by atoms with Crippen molar-refractivity contribution in [1.82, 2.24) is 10.2 Å². The monoisotopic (exact) mass is 208 g/mol. The Kier molecular flexibility index (Phi) is 1.82. The van der Waals surface area contributed by atoms with Gasteiger partial charge >= 0.3 is 0 Å². The van der Waals surface area contributed by atoms with Gasteiger partial charge in [-0.25, -0.2) is 0 Å². The summed E-state index contributed by atoms with van der Waals surface area (Å²) in [5, 5.41) is 2.76. The molecule has 15 heavy (non-hydrogen) atoms. The second-order valence-corrected chi connectivity index (χ2v) is 4.99. The standard InChI is InChI=1S/C11H16N2O2/c1-6-11(15)13-8-4-2-3-7(8)5-9(13)10(14)12-6/h6-9H,2-5H2,1H3,(H,12,14)/t6-,7-,8?,9-/m0/s1. The van der Waals surface area contributed by atoms with Crippen LogP contribution < -0.4 is 5.32 Å². The van der Waals surface area contributed by atoms with Crippen LogP contribution >= 0.6 is 0 Å². The third kappa shape index (κ3) is 1.13. The molecule has 3 fully saturated rings. The van der Waals surface area contributed by atoms with Crippen molar-refractivity contribution in [2.24, 2.45) is 5.92 Å². The molecule has 2 saturated heterocycles. The summed E-state index contributed by atoms with van der Waals surface area (Å²) in [6.07, 6.45) is 4.37. The number of nitrogens with zero attached hydrogens (tertiary/aromatic N) is 1. The largest absolute Gasteiger partial charge is 0.343 e. The van der Waals surface area contributed by atoms with Crippen LogP contribution in [0.25, 0.3) is 0 Å². The fraction of sp³-hybridized carbons (Fsp3) is 0.818. The SMILES string of the molecule is C[C@@H]1NC(=O)[C@@H]2C[C@@H]3CCCC3N2C1=O. The van der Waals surface area contributed by atoms with E-state index in [9.17, 15) is 9.59 Å². The Balaban J connectivity index is 1.93. The highest BCUT2D eigenvalue weighted by atomic mass is 16.2. The highest BCUT2D eigenvalue weighted by molar-refractivity contribution is 5.97. The first-order valence-electron chi connectivity index (χ1n) is 5.81. The van der Waals surface area contributed by atoms with E-state index in [0.29, 0.717) is 12.0 Å². The predicted molar refractivity (Wildman–Crippen MR) is 54.0 cm³/mol. The number of hydrogen-bond acceptors (Lipinski definition) is 2. The molecular formula is C11H16N2O2. The maximum Gasteiger partial charge on any atom is 0.245 e. The molecule has 4 nitrogen and oxygen atoms in total. The van der Waals surface area contributed by atoms with E-state index < -0.39 is 0 Å². The quantitative estimate of drug-likeness (QED) is 0.621. The van der Waals surface area contributed by atoms with Crippen molar-refractivity contribution in [2.75, 3.05) is 0 Å². The molecule has 1 N–H and O–H groups in total. The van der Waals surface area contributed by atoms with Gasteiger partial charge in [0.05, 0.1) is 0 Å². The summed E-state index contributed by atoms with van der Waals surface area (Å²) in [5.74, 6) is 0.750. The lowest BCUT2D eigenvalue weighted by atomic mass is 10.0. The molecule has 2 aliphatic heterocycles. The fourth-order valence-corrected chi connectivity index (χ4v) is 3.44. The molecule has 2 amide bonds. The summed E-state index contributed by atoms with van der Waals surface area (Å²) in [5.41, 5.74) is 0. The molecule has 3 aliphatic rings. The van der Waals surface area contributed by atoms with E-state index in [1.54, 1.807) is 6.92 Å². The van der Waals surface area contributed by atoms with Gasteiger partial charge in [0, 0.05) is 6.04 Å². The van der Waals surface area contributed by atoms with Crippen molar-refractivity contribution in [3.8, 4) is 0 Å². The van der Waals surface area contributed by atoms with Gasteiger partial charge in [-0.3, -0.25) is 9.59 Å². The van der Waals surface area contributed by atoms with E-state index in [4.69, 9.17) is 0 Å². The minimum absolute atomic E-state index is 0.0523. The summed E-state index contributed by atoms with van der Waals surface area (Å²) in [6.45, 7) is 1.78. The number of fused-ring (bicyclic) bond motifs is 3. The molecule has 4 heteroatoms. The van der Waals surface area contributed by atoms with E-state index in [1.165, 1.54) is 12.8 Å². The zero-order valence-electron chi connectivity index (χ0n) is 8.90. The Labute approximate surface area is 89.0 Å². The van der Waals surface area contributed by atoms with Crippen molar-refractivity contribution in [2.45, 2.75) is 50.7 Å². The summed E-state index contributed by atoms with van der Waals surface area (Å²) in [4.78, 5) is 25.6.